The number of rotatable bonds is 4. The Labute approximate surface area is 105 Å². The maximum atomic E-state index is 12.2. The number of hydrogen-bond donors (Lipinski definition) is 1. The van der Waals surface area contributed by atoms with Crippen molar-refractivity contribution in [2.75, 3.05) is 12.3 Å². The largest absolute Gasteiger partial charge is 0.494 e. The van der Waals surface area contributed by atoms with Gasteiger partial charge in [0.05, 0.1) is 18.5 Å². The summed E-state index contributed by atoms with van der Waals surface area (Å²) in [6.45, 7) is 2.47. The van der Waals surface area contributed by atoms with Gasteiger partial charge in [-0.25, -0.2) is 0 Å². The van der Waals surface area contributed by atoms with E-state index < -0.39 is 0 Å². The van der Waals surface area contributed by atoms with Gasteiger partial charge in [-0.2, -0.15) is 0 Å². The van der Waals surface area contributed by atoms with Crippen LogP contribution < -0.4 is 10.5 Å². The summed E-state index contributed by atoms with van der Waals surface area (Å²) >= 11 is 0. The number of nitrogens with zero attached hydrogens (tertiary/aromatic N) is 1. The summed E-state index contributed by atoms with van der Waals surface area (Å²) in [5.41, 5.74) is 7.00. The van der Waals surface area contributed by atoms with Gasteiger partial charge in [-0.3, -0.25) is 9.78 Å². The summed E-state index contributed by atoms with van der Waals surface area (Å²) in [6.07, 6.45) is 1.47. The molecule has 0 aliphatic heterocycles. The van der Waals surface area contributed by atoms with Crippen molar-refractivity contribution in [3.8, 4) is 5.75 Å². The summed E-state index contributed by atoms with van der Waals surface area (Å²) < 4.78 is 5.36. The van der Waals surface area contributed by atoms with E-state index in [1.807, 2.05) is 13.0 Å². The summed E-state index contributed by atoms with van der Waals surface area (Å²) in [7, 11) is 0. The molecular weight excluding hydrogens is 228 g/mol. The lowest BCUT2D eigenvalue weighted by Gasteiger charge is -2.05. The van der Waals surface area contributed by atoms with Gasteiger partial charge in [0.15, 0.2) is 0 Å². The standard InChI is InChI=1S/C14H14N2O2/c1-2-18-12-5-3-4-10(8-12)14(17)13-7-6-11(15)9-16-13/h3-9H,2,15H2,1H3. The van der Waals surface area contributed by atoms with Crippen molar-refractivity contribution in [3.05, 3.63) is 53.9 Å². The zero-order valence-electron chi connectivity index (χ0n) is 10.1. The van der Waals surface area contributed by atoms with E-state index in [4.69, 9.17) is 10.5 Å². The van der Waals surface area contributed by atoms with E-state index in [1.54, 1.807) is 30.3 Å². The van der Waals surface area contributed by atoms with E-state index >= 15 is 0 Å². The molecule has 2 rings (SSSR count). The molecule has 0 aliphatic rings. The van der Waals surface area contributed by atoms with E-state index in [0.717, 1.165) is 0 Å². The molecule has 0 aliphatic carbocycles. The van der Waals surface area contributed by atoms with Crippen LogP contribution in [0.25, 0.3) is 0 Å². The van der Waals surface area contributed by atoms with Gasteiger partial charge >= 0.3 is 0 Å². The predicted octanol–water partition coefficient (Wildman–Crippen LogP) is 2.29. The Balaban J connectivity index is 2.28. The van der Waals surface area contributed by atoms with Crippen LogP contribution in [0.5, 0.6) is 5.75 Å². The van der Waals surface area contributed by atoms with Crippen molar-refractivity contribution in [2.24, 2.45) is 0 Å². The highest BCUT2D eigenvalue weighted by atomic mass is 16.5. The molecule has 0 bridgehead atoms. The molecule has 4 heteroatoms. The van der Waals surface area contributed by atoms with E-state index in [0.29, 0.717) is 29.3 Å². The van der Waals surface area contributed by atoms with Gasteiger partial charge in [0.25, 0.3) is 0 Å². The summed E-state index contributed by atoms with van der Waals surface area (Å²) in [5.74, 6) is 0.537. The zero-order valence-corrected chi connectivity index (χ0v) is 10.1. The first-order valence-corrected chi connectivity index (χ1v) is 5.70. The molecule has 0 atom stereocenters. The fraction of sp³-hybridized carbons (Fsp3) is 0.143. The second-order valence-electron chi connectivity index (χ2n) is 3.77. The molecule has 0 amide bonds. The first-order valence-electron chi connectivity index (χ1n) is 5.70. The van der Waals surface area contributed by atoms with Crippen molar-refractivity contribution >= 4 is 11.5 Å². The van der Waals surface area contributed by atoms with Crippen LogP contribution in [0.15, 0.2) is 42.6 Å². The van der Waals surface area contributed by atoms with E-state index in [2.05, 4.69) is 4.98 Å². The van der Waals surface area contributed by atoms with Crippen LogP contribution in [0.2, 0.25) is 0 Å². The Morgan fingerprint density at radius 1 is 1.33 bits per heavy atom. The van der Waals surface area contributed by atoms with Crippen LogP contribution in [0, 0.1) is 0 Å². The van der Waals surface area contributed by atoms with Crippen molar-refractivity contribution in [1.29, 1.82) is 0 Å². The first-order chi connectivity index (χ1) is 8.70. The molecule has 0 spiro atoms. The van der Waals surface area contributed by atoms with Crippen LogP contribution >= 0.6 is 0 Å². The van der Waals surface area contributed by atoms with Gasteiger partial charge in [-0.05, 0) is 31.2 Å². The summed E-state index contributed by atoms with van der Waals surface area (Å²) in [5, 5.41) is 0. The SMILES string of the molecule is CCOc1cccc(C(=O)c2ccc(N)cn2)c1. The number of anilines is 1. The van der Waals surface area contributed by atoms with E-state index in [9.17, 15) is 4.79 Å². The number of ether oxygens (including phenoxy) is 1. The van der Waals surface area contributed by atoms with Crippen LogP contribution in [0.1, 0.15) is 23.0 Å². The lowest BCUT2D eigenvalue weighted by atomic mass is 10.1. The highest BCUT2D eigenvalue weighted by Gasteiger charge is 2.10. The van der Waals surface area contributed by atoms with Gasteiger partial charge in [0.1, 0.15) is 11.4 Å². The molecule has 1 heterocycles. The fourth-order valence-electron chi connectivity index (χ4n) is 1.58. The third-order valence-corrected chi connectivity index (χ3v) is 2.43. The molecule has 18 heavy (non-hydrogen) atoms. The van der Waals surface area contributed by atoms with Crippen LogP contribution in [-0.4, -0.2) is 17.4 Å². The fourth-order valence-corrected chi connectivity index (χ4v) is 1.58. The number of nitrogens with two attached hydrogens (primary N) is 1. The van der Waals surface area contributed by atoms with Crippen molar-refractivity contribution in [2.45, 2.75) is 6.92 Å². The smallest absolute Gasteiger partial charge is 0.211 e. The topological polar surface area (TPSA) is 65.2 Å². The number of pyridine rings is 1. The molecule has 0 fully saturated rings. The highest BCUT2D eigenvalue weighted by Crippen LogP contribution is 2.16. The third kappa shape index (κ3) is 2.66. The van der Waals surface area contributed by atoms with Crippen molar-refractivity contribution in [3.63, 3.8) is 0 Å². The molecule has 0 saturated carbocycles. The third-order valence-electron chi connectivity index (χ3n) is 2.43. The summed E-state index contributed by atoms with van der Waals surface area (Å²) in [4.78, 5) is 16.2. The molecule has 2 N–H and O–H groups in total. The van der Waals surface area contributed by atoms with Gasteiger partial charge in [-0.15, -0.1) is 0 Å². The average Bonchev–Trinajstić information content (AvgIpc) is 2.39. The lowest BCUT2D eigenvalue weighted by molar-refractivity contribution is 0.103. The van der Waals surface area contributed by atoms with Gasteiger partial charge in [-0.1, -0.05) is 12.1 Å². The van der Waals surface area contributed by atoms with Crippen LogP contribution in [-0.2, 0) is 0 Å². The first kappa shape index (κ1) is 12.1. The van der Waals surface area contributed by atoms with E-state index in [-0.39, 0.29) is 5.78 Å². The maximum Gasteiger partial charge on any atom is 0.211 e. The second-order valence-corrected chi connectivity index (χ2v) is 3.77. The number of carbonyl (C=O) groups is 1. The Kier molecular flexibility index (Phi) is 3.57. The molecule has 4 nitrogen and oxygen atoms in total. The molecule has 2 aromatic rings. The van der Waals surface area contributed by atoms with Crippen LogP contribution in [0.3, 0.4) is 0 Å². The average molecular weight is 242 g/mol. The minimum absolute atomic E-state index is 0.142. The van der Waals surface area contributed by atoms with Gasteiger partial charge in [0.2, 0.25) is 5.78 Å². The number of ketones is 1. The summed E-state index contributed by atoms with van der Waals surface area (Å²) in [6, 6.07) is 10.3. The molecule has 1 aromatic heterocycles. The Morgan fingerprint density at radius 3 is 2.83 bits per heavy atom. The molecule has 0 saturated heterocycles. The predicted molar refractivity (Wildman–Crippen MR) is 69.7 cm³/mol. The Morgan fingerprint density at radius 2 is 2.17 bits per heavy atom. The monoisotopic (exact) mass is 242 g/mol. The van der Waals surface area contributed by atoms with Crippen molar-refractivity contribution < 1.29 is 9.53 Å². The Hall–Kier alpha value is -2.36. The zero-order chi connectivity index (χ0) is 13.0. The Bertz CT molecular complexity index is 550. The molecular formula is C14H14N2O2. The molecule has 0 radical (unpaired) electrons. The van der Waals surface area contributed by atoms with Gasteiger partial charge in [0, 0.05) is 5.56 Å². The lowest BCUT2D eigenvalue weighted by Crippen LogP contribution is -2.04. The molecule has 0 unspecified atom stereocenters. The minimum Gasteiger partial charge on any atom is -0.494 e. The normalized spacial score (nSPS) is 10.1. The highest BCUT2D eigenvalue weighted by molar-refractivity contribution is 6.07. The molecule has 92 valence electrons. The minimum atomic E-state index is -0.142. The van der Waals surface area contributed by atoms with Crippen molar-refractivity contribution in [1.82, 2.24) is 4.98 Å². The number of nitrogen functional groups attached to an aromatic ring is 1. The quantitative estimate of drug-likeness (QED) is 0.835. The number of benzene rings is 1. The van der Waals surface area contributed by atoms with E-state index in [1.165, 1.54) is 6.20 Å². The van der Waals surface area contributed by atoms with Gasteiger partial charge < -0.3 is 10.5 Å². The van der Waals surface area contributed by atoms with Crippen LogP contribution in [0.4, 0.5) is 5.69 Å². The number of hydrogen-bond acceptors (Lipinski definition) is 4. The number of aromatic nitrogens is 1. The molecule has 1 aromatic carbocycles. The second kappa shape index (κ2) is 5.31. The number of carbonyl (C=O) groups excluding carboxylic acids is 1. The maximum absolute atomic E-state index is 12.2.